The van der Waals surface area contributed by atoms with Gasteiger partial charge < -0.3 is 10.6 Å². The molecule has 0 radical (unpaired) electrons. The van der Waals surface area contributed by atoms with E-state index in [1.54, 1.807) is 0 Å². The lowest BCUT2D eigenvalue weighted by Gasteiger charge is -2.35. The van der Waals surface area contributed by atoms with Crippen molar-refractivity contribution < 1.29 is 8.42 Å². The van der Waals surface area contributed by atoms with Gasteiger partial charge in [0.1, 0.15) is 0 Å². The van der Waals surface area contributed by atoms with Gasteiger partial charge in [-0.2, -0.15) is 12.7 Å². The van der Waals surface area contributed by atoms with E-state index >= 15 is 0 Å². The number of hydrogen-bond donors (Lipinski definition) is 2. The Labute approximate surface area is 120 Å². The number of nitrogens with one attached hydrogen (secondary N) is 1. The van der Waals surface area contributed by atoms with Gasteiger partial charge in [0.25, 0.3) is 10.2 Å². The van der Waals surface area contributed by atoms with Gasteiger partial charge in [-0.25, -0.2) is 4.72 Å². The van der Waals surface area contributed by atoms with Crippen molar-refractivity contribution in [1.29, 1.82) is 0 Å². The molecular formula is C13H22N4O2S. The van der Waals surface area contributed by atoms with Crippen LogP contribution in [-0.4, -0.2) is 45.4 Å². The minimum absolute atomic E-state index is 0.480. The molecule has 1 aromatic rings. The number of anilines is 2. The Morgan fingerprint density at radius 1 is 1.20 bits per heavy atom. The number of nitrogen functional groups attached to an aromatic ring is 1. The summed E-state index contributed by atoms with van der Waals surface area (Å²) in [6, 6.07) is 7.67. The predicted molar refractivity (Wildman–Crippen MR) is 81.9 cm³/mol. The zero-order chi connectivity index (χ0) is 14.6. The summed E-state index contributed by atoms with van der Waals surface area (Å²) >= 11 is 0. The Morgan fingerprint density at radius 2 is 1.85 bits per heavy atom. The summed E-state index contributed by atoms with van der Waals surface area (Å²) in [5.41, 5.74) is 7.66. The number of benzene rings is 1. The second-order valence-corrected chi connectivity index (χ2v) is 6.60. The SMILES string of the molecule is CCCNS(=O)(=O)N1CCN(c2ccccc2N)CC1. The predicted octanol–water partition coefficient (Wildman–Crippen LogP) is 0.635. The first-order valence-corrected chi connectivity index (χ1v) is 8.33. The first-order valence-electron chi connectivity index (χ1n) is 6.89. The molecule has 1 fully saturated rings. The van der Waals surface area contributed by atoms with Gasteiger partial charge in [0, 0.05) is 32.7 Å². The molecule has 1 saturated heterocycles. The molecular weight excluding hydrogens is 276 g/mol. The molecule has 0 bridgehead atoms. The highest BCUT2D eigenvalue weighted by Gasteiger charge is 2.26. The fourth-order valence-corrected chi connectivity index (χ4v) is 3.56. The number of nitrogens with zero attached hydrogens (tertiary/aromatic N) is 2. The average molecular weight is 298 g/mol. The maximum Gasteiger partial charge on any atom is 0.279 e. The fraction of sp³-hybridized carbons (Fsp3) is 0.538. The lowest BCUT2D eigenvalue weighted by Crippen LogP contribution is -2.52. The van der Waals surface area contributed by atoms with Crippen LogP contribution in [-0.2, 0) is 10.2 Å². The molecule has 0 spiro atoms. The summed E-state index contributed by atoms with van der Waals surface area (Å²) < 4.78 is 28.2. The van der Waals surface area contributed by atoms with Crippen LogP contribution in [0.3, 0.4) is 0 Å². The molecule has 0 aliphatic carbocycles. The number of nitrogens with two attached hydrogens (primary N) is 1. The van der Waals surface area contributed by atoms with Crippen LogP contribution in [0.5, 0.6) is 0 Å². The maximum absolute atomic E-state index is 12.0. The first kappa shape index (κ1) is 15.1. The Hall–Kier alpha value is -1.31. The lowest BCUT2D eigenvalue weighted by atomic mass is 10.2. The summed E-state index contributed by atoms with van der Waals surface area (Å²) in [5, 5.41) is 0. The van der Waals surface area contributed by atoms with Gasteiger partial charge in [-0.05, 0) is 18.6 Å². The van der Waals surface area contributed by atoms with Crippen molar-refractivity contribution in [3.8, 4) is 0 Å². The van der Waals surface area contributed by atoms with Crippen molar-refractivity contribution in [2.24, 2.45) is 0 Å². The smallest absolute Gasteiger partial charge is 0.279 e. The van der Waals surface area contributed by atoms with Gasteiger partial charge >= 0.3 is 0 Å². The van der Waals surface area contributed by atoms with E-state index in [-0.39, 0.29) is 0 Å². The highest BCUT2D eigenvalue weighted by Crippen LogP contribution is 2.23. The normalized spacial score (nSPS) is 17.4. The quantitative estimate of drug-likeness (QED) is 0.782. The van der Waals surface area contributed by atoms with Gasteiger partial charge in [0.05, 0.1) is 11.4 Å². The molecule has 3 N–H and O–H groups in total. The van der Waals surface area contributed by atoms with Crippen LogP contribution in [0.4, 0.5) is 11.4 Å². The molecule has 0 aromatic heterocycles. The van der Waals surface area contributed by atoms with Crippen molar-refractivity contribution in [3.63, 3.8) is 0 Å². The summed E-state index contributed by atoms with van der Waals surface area (Å²) in [6.45, 7) is 4.69. The number of piperazine rings is 1. The van der Waals surface area contributed by atoms with E-state index in [4.69, 9.17) is 5.73 Å². The standard InChI is InChI=1S/C13H22N4O2S/c1-2-7-15-20(18,19)17-10-8-16(9-11-17)13-6-4-3-5-12(13)14/h3-6,15H,2,7-11,14H2,1H3. The highest BCUT2D eigenvalue weighted by molar-refractivity contribution is 7.87. The summed E-state index contributed by atoms with van der Waals surface area (Å²) in [5.74, 6) is 0. The zero-order valence-corrected chi connectivity index (χ0v) is 12.6. The molecule has 7 heteroatoms. The van der Waals surface area contributed by atoms with Crippen LogP contribution in [0.25, 0.3) is 0 Å². The van der Waals surface area contributed by atoms with Crippen molar-refractivity contribution >= 4 is 21.6 Å². The van der Waals surface area contributed by atoms with E-state index in [1.807, 2.05) is 31.2 Å². The zero-order valence-electron chi connectivity index (χ0n) is 11.7. The molecule has 1 aliphatic rings. The molecule has 2 rings (SSSR count). The summed E-state index contributed by atoms with van der Waals surface area (Å²) in [7, 11) is -3.34. The molecule has 0 atom stereocenters. The Morgan fingerprint density at radius 3 is 2.45 bits per heavy atom. The van der Waals surface area contributed by atoms with Gasteiger partial charge in [-0.3, -0.25) is 0 Å². The highest BCUT2D eigenvalue weighted by atomic mass is 32.2. The molecule has 0 amide bonds. The van der Waals surface area contributed by atoms with Gasteiger partial charge in [0.2, 0.25) is 0 Å². The third-order valence-electron chi connectivity index (χ3n) is 3.39. The van der Waals surface area contributed by atoms with Gasteiger partial charge in [-0.15, -0.1) is 0 Å². The van der Waals surface area contributed by atoms with Crippen molar-refractivity contribution in [2.75, 3.05) is 43.4 Å². The molecule has 20 heavy (non-hydrogen) atoms. The fourth-order valence-electron chi connectivity index (χ4n) is 2.27. The molecule has 0 saturated carbocycles. The van der Waals surface area contributed by atoms with Crippen LogP contribution < -0.4 is 15.4 Å². The maximum atomic E-state index is 12.0. The number of para-hydroxylation sites is 2. The van der Waals surface area contributed by atoms with E-state index in [0.29, 0.717) is 32.7 Å². The van der Waals surface area contributed by atoms with Crippen molar-refractivity contribution in [3.05, 3.63) is 24.3 Å². The van der Waals surface area contributed by atoms with Crippen LogP contribution >= 0.6 is 0 Å². The number of hydrogen-bond acceptors (Lipinski definition) is 4. The van der Waals surface area contributed by atoms with Crippen LogP contribution in [0.2, 0.25) is 0 Å². The molecule has 1 aromatic carbocycles. The van der Waals surface area contributed by atoms with Crippen LogP contribution in [0, 0.1) is 0 Å². The average Bonchev–Trinajstić information content (AvgIpc) is 2.46. The minimum atomic E-state index is -3.34. The minimum Gasteiger partial charge on any atom is -0.397 e. The van der Waals surface area contributed by atoms with E-state index in [0.717, 1.165) is 17.8 Å². The monoisotopic (exact) mass is 298 g/mol. The van der Waals surface area contributed by atoms with E-state index in [9.17, 15) is 8.42 Å². The van der Waals surface area contributed by atoms with Crippen molar-refractivity contribution in [1.82, 2.24) is 9.03 Å². The Bertz CT molecular complexity index is 539. The third kappa shape index (κ3) is 3.41. The van der Waals surface area contributed by atoms with E-state index in [2.05, 4.69) is 9.62 Å². The second-order valence-electron chi connectivity index (χ2n) is 4.84. The van der Waals surface area contributed by atoms with Crippen LogP contribution in [0.15, 0.2) is 24.3 Å². The van der Waals surface area contributed by atoms with Crippen molar-refractivity contribution in [2.45, 2.75) is 13.3 Å². The topological polar surface area (TPSA) is 78.7 Å². The Kier molecular flexibility index (Phi) is 4.85. The van der Waals surface area contributed by atoms with Crippen LogP contribution in [0.1, 0.15) is 13.3 Å². The first-order chi connectivity index (χ1) is 9.54. The molecule has 112 valence electrons. The summed E-state index contributed by atoms with van der Waals surface area (Å²) in [4.78, 5) is 2.13. The van der Waals surface area contributed by atoms with Gasteiger partial charge in [-0.1, -0.05) is 19.1 Å². The van der Waals surface area contributed by atoms with E-state index in [1.165, 1.54) is 4.31 Å². The molecule has 1 heterocycles. The Balaban J connectivity index is 1.98. The third-order valence-corrected chi connectivity index (χ3v) is 5.00. The number of rotatable bonds is 5. The largest absolute Gasteiger partial charge is 0.397 e. The summed E-state index contributed by atoms with van der Waals surface area (Å²) in [6.07, 6.45) is 0.791. The second kappa shape index (κ2) is 6.43. The molecule has 6 nitrogen and oxygen atoms in total. The van der Waals surface area contributed by atoms with Gasteiger partial charge in [0.15, 0.2) is 0 Å². The molecule has 1 aliphatic heterocycles. The molecule has 0 unspecified atom stereocenters. The lowest BCUT2D eigenvalue weighted by molar-refractivity contribution is 0.378. The van der Waals surface area contributed by atoms with E-state index < -0.39 is 10.2 Å².